The zero-order chi connectivity index (χ0) is 11.5. The van der Waals surface area contributed by atoms with Gasteiger partial charge in [-0.25, -0.2) is 0 Å². The van der Waals surface area contributed by atoms with E-state index in [-0.39, 0.29) is 6.10 Å². The third-order valence-electron chi connectivity index (χ3n) is 2.85. The van der Waals surface area contributed by atoms with Gasteiger partial charge in [0.25, 0.3) is 0 Å². The molecule has 0 aliphatic heterocycles. The second-order valence-electron chi connectivity index (χ2n) is 4.40. The molecule has 0 radical (unpaired) electrons. The Morgan fingerprint density at radius 3 is 2.13 bits per heavy atom. The second-order valence-corrected chi connectivity index (χ2v) is 4.40. The molecule has 1 aliphatic carbocycles. The van der Waals surface area contributed by atoms with Crippen LogP contribution in [-0.2, 0) is 14.3 Å². The van der Waals surface area contributed by atoms with Gasteiger partial charge in [0.1, 0.15) is 0 Å². The average Bonchev–Trinajstić information content (AvgIpc) is 2.17. The van der Waals surface area contributed by atoms with Gasteiger partial charge in [-0.1, -0.05) is 19.3 Å². The first-order chi connectivity index (χ1) is 6.99. The zero-order valence-electron chi connectivity index (χ0n) is 9.28. The summed E-state index contributed by atoms with van der Waals surface area (Å²) in [7, 11) is 0. The summed E-state index contributed by atoms with van der Waals surface area (Å²) >= 11 is 0. The van der Waals surface area contributed by atoms with Crippen LogP contribution in [0.4, 0.5) is 0 Å². The lowest BCUT2D eigenvalue weighted by Crippen LogP contribution is -2.43. The topological polar surface area (TPSA) is 63.6 Å². The Morgan fingerprint density at radius 1 is 1.20 bits per heavy atom. The number of carbonyl (C=O) groups is 2. The summed E-state index contributed by atoms with van der Waals surface area (Å²) in [6, 6.07) is 0. The van der Waals surface area contributed by atoms with Crippen molar-refractivity contribution in [3.63, 3.8) is 0 Å². The van der Waals surface area contributed by atoms with E-state index in [1.165, 1.54) is 0 Å². The van der Waals surface area contributed by atoms with E-state index in [1.54, 1.807) is 13.8 Å². The van der Waals surface area contributed by atoms with Crippen molar-refractivity contribution < 1.29 is 19.4 Å². The second kappa shape index (κ2) is 4.64. The molecule has 4 heteroatoms. The fourth-order valence-electron chi connectivity index (χ4n) is 1.99. The monoisotopic (exact) mass is 214 g/mol. The highest BCUT2D eigenvalue weighted by molar-refractivity contribution is 5.99. The quantitative estimate of drug-likeness (QED) is 0.576. The molecule has 4 nitrogen and oxygen atoms in total. The van der Waals surface area contributed by atoms with Crippen molar-refractivity contribution in [3.8, 4) is 0 Å². The van der Waals surface area contributed by atoms with Gasteiger partial charge in [0.05, 0.1) is 6.10 Å². The van der Waals surface area contributed by atoms with Crippen LogP contribution < -0.4 is 0 Å². The number of carboxylic acids is 1. The Kier molecular flexibility index (Phi) is 3.72. The molecule has 1 saturated carbocycles. The number of rotatable bonds is 3. The summed E-state index contributed by atoms with van der Waals surface area (Å²) in [5.74, 6) is -1.60. The third-order valence-corrected chi connectivity index (χ3v) is 2.85. The third kappa shape index (κ3) is 2.49. The minimum Gasteiger partial charge on any atom is -0.480 e. The Hall–Kier alpha value is -1.06. The lowest BCUT2D eigenvalue weighted by molar-refractivity contribution is -0.174. The van der Waals surface area contributed by atoms with E-state index < -0.39 is 17.4 Å². The molecule has 1 fully saturated rings. The van der Waals surface area contributed by atoms with E-state index in [2.05, 4.69) is 0 Å². The average molecular weight is 214 g/mol. The lowest BCUT2D eigenvalue weighted by Gasteiger charge is -2.31. The predicted octanol–water partition coefficient (Wildman–Crippen LogP) is 1.97. The molecule has 15 heavy (non-hydrogen) atoms. The number of carboxylic acid groups (broad SMARTS) is 1. The van der Waals surface area contributed by atoms with Gasteiger partial charge in [-0.15, -0.1) is 0 Å². The van der Waals surface area contributed by atoms with Crippen molar-refractivity contribution in [3.05, 3.63) is 0 Å². The maximum absolute atomic E-state index is 11.8. The number of esters is 1. The van der Waals surface area contributed by atoms with Crippen molar-refractivity contribution in [2.45, 2.75) is 52.1 Å². The summed E-state index contributed by atoms with van der Waals surface area (Å²) in [5, 5.41) is 9.17. The highest BCUT2D eigenvalue weighted by Crippen LogP contribution is 2.38. The molecule has 1 rings (SSSR count). The Morgan fingerprint density at radius 2 is 1.73 bits per heavy atom. The van der Waals surface area contributed by atoms with Gasteiger partial charge in [0.2, 0.25) is 0 Å². The number of hydrogen-bond donors (Lipinski definition) is 1. The summed E-state index contributed by atoms with van der Waals surface area (Å²) in [5.41, 5.74) is -1.28. The van der Waals surface area contributed by atoms with Gasteiger partial charge in [0, 0.05) is 0 Å². The van der Waals surface area contributed by atoms with E-state index in [0.29, 0.717) is 12.8 Å². The predicted molar refractivity (Wildman–Crippen MR) is 54.4 cm³/mol. The number of aliphatic carboxylic acids is 1. The van der Waals surface area contributed by atoms with Crippen LogP contribution in [0.3, 0.4) is 0 Å². The molecule has 0 aromatic carbocycles. The maximum atomic E-state index is 11.8. The van der Waals surface area contributed by atoms with Crippen molar-refractivity contribution >= 4 is 11.9 Å². The molecule has 1 aliphatic rings. The van der Waals surface area contributed by atoms with Crippen LogP contribution in [0.1, 0.15) is 46.0 Å². The molecule has 0 saturated heterocycles. The van der Waals surface area contributed by atoms with E-state index in [9.17, 15) is 14.7 Å². The molecule has 0 aromatic heterocycles. The van der Waals surface area contributed by atoms with Crippen molar-refractivity contribution in [1.29, 1.82) is 0 Å². The first kappa shape index (κ1) is 12.0. The van der Waals surface area contributed by atoms with Crippen LogP contribution in [0.15, 0.2) is 0 Å². The standard InChI is InChI=1S/C11H18O4/c1-8(2)15-10(14)11(9(12)13)6-4-3-5-7-11/h8H,3-7H2,1-2H3,(H,12,13). The molecule has 1 N–H and O–H groups in total. The maximum Gasteiger partial charge on any atom is 0.323 e. The number of carbonyl (C=O) groups excluding carboxylic acids is 1. The minimum absolute atomic E-state index is 0.254. The highest BCUT2D eigenvalue weighted by Gasteiger charge is 2.48. The SMILES string of the molecule is CC(C)OC(=O)C1(C(=O)O)CCCCC1. The summed E-state index contributed by atoms with van der Waals surface area (Å²) < 4.78 is 5.03. The molecule has 86 valence electrons. The first-order valence-corrected chi connectivity index (χ1v) is 5.43. The van der Waals surface area contributed by atoms with Gasteiger partial charge in [-0.2, -0.15) is 0 Å². The van der Waals surface area contributed by atoms with Crippen molar-refractivity contribution in [2.75, 3.05) is 0 Å². The normalized spacial score (nSPS) is 19.9. The van der Waals surface area contributed by atoms with Crippen LogP contribution in [0, 0.1) is 5.41 Å². The Labute approximate surface area is 89.6 Å². The molecule has 0 atom stereocenters. The van der Waals surface area contributed by atoms with Gasteiger partial charge < -0.3 is 9.84 Å². The van der Waals surface area contributed by atoms with Crippen LogP contribution in [0.25, 0.3) is 0 Å². The minimum atomic E-state index is -1.28. The first-order valence-electron chi connectivity index (χ1n) is 5.43. The number of ether oxygens (including phenoxy) is 1. The zero-order valence-corrected chi connectivity index (χ0v) is 9.28. The summed E-state index contributed by atoms with van der Waals surface area (Å²) in [6.07, 6.45) is 3.15. The Bertz CT molecular complexity index is 251. The lowest BCUT2D eigenvalue weighted by atomic mass is 9.74. The summed E-state index contributed by atoms with van der Waals surface area (Å²) in [6.45, 7) is 3.46. The van der Waals surface area contributed by atoms with Crippen LogP contribution >= 0.6 is 0 Å². The molecule has 0 unspecified atom stereocenters. The van der Waals surface area contributed by atoms with E-state index in [1.807, 2.05) is 0 Å². The fraction of sp³-hybridized carbons (Fsp3) is 0.818. The van der Waals surface area contributed by atoms with Gasteiger partial charge in [-0.05, 0) is 26.7 Å². The Balaban J connectivity index is 2.80. The molecule has 0 bridgehead atoms. The van der Waals surface area contributed by atoms with E-state index in [0.717, 1.165) is 19.3 Å². The highest BCUT2D eigenvalue weighted by atomic mass is 16.5. The fourth-order valence-corrected chi connectivity index (χ4v) is 1.99. The molecule has 0 heterocycles. The van der Waals surface area contributed by atoms with Crippen LogP contribution in [0.2, 0.25) is 0 Å². The van der Waals surface area contributed by atoms with Gasteiger partial charge in [0.15, 0.2) is 5.41 Å². The van der Waals surface area contributed by atoms with E-state index in [4.69, 9.17) is 4.74 Å². The molecular weight excluding hydrogens is 196 g/mol. The number of hydrogen-bond acceptors (Lipinski definition) is 3. The van der Waals surface area contributed by atoms with Crippen LogP contribution in [-0.4, -0.2) is 23.1 Å². The smallest absolute Gasteiger partial charge is 0.323 e. The van der Waals surface area contributed by atoms with E-state index >= 15 is 0 Å². The molecule has 0 aromatic rings. The van der Waals surface area contributed by atoms with Crippen LogP contribution in [0.5, 0.6) is 0 Å². The van der Waals surface area contributed by atoms with Gasteiger partial charge >= 0.3 is 11.9 Å². The molecule has 0 amide bonds. The van der Waals surface area contributed by atoms with Crippen molar-refractivity contribution in [2.24, 2.45) is 5.41 Å². The van der Waals surface area contributed by atoms with Gasteiger partial charge in [-0.3, -0.25) is 9.59 Å². The molecular formula is C11H18O4. The van der Waals surface area contributed by atoms with Crippen molar-refractivity contribution in [1.82, 2.24) is 0 Å². The summed E-state index contributed by atoms with van der Waals surface area (Å²) in [4.78, 5) is 23.0. The largest absolute Gasteiger partial charge is 0.480 e. The molecule has 0 spiro atoms.